The largest absolute Gasteiger partial charge is 0.480 e. The first-order valence-electron chi connectivity index (χ1n) is 4.87. The number of aliphatic carboxylic acids is 1. The van der Waals surface area contributed by atoms with Crippen molar-refractivity contribution in [2.24, 2.45) is 5.73 Å². The van der Waals surface area contributed by atoms with E-state index in [1.807, 2.05) is 0 Å². The Morgan fingerprint density at radius 3 is 2.53 bits per heavy atom. The van der Waals surface area contributed by atoms with Gasteiger partial charge >= 0.3 is 12.1 Å². The molecule has 0 amide bonds. The standard InChI is InChI=1S/C11H12F3NO2/c1-6-2-3-7(5-9(15)10(16)17)4-8(6)11(12,13)14/h2-4,9H,5,15H2,1H3,(H,16,17)/t9-/m1/s1. The van der Waals surface area contributed by atoms with Gasteiger partial charge in [-0.15, -0.1) is 0 Å². The predicted molar refractivity (Wildman–Crippen MR) is 55.5 cm³/mol. The van der Waals surface area contributed by atoms with Gasteiger partial charge in [0.2, 0.25) is 0 Å². The second-order valence-corrected chi connectivity index (χ2v) is 3.80. The summed E-state index contributed by atoms with van der Waals surface area (Å²) < 4.78 is 37.7. The van der Waals surface area contributed by atoms with E-state index in [-0.39, 0.29) is 17.5 Å². The molecule has 0 heterocycles. The van der Waals surface area contributed by atoms with Gasteiger partial charge in [0, 0.05) is 0 Å². The highest BCUT2D eigenvalue weighted by Gasteiger charge is 2.32. The van der Waals surface area contributed by atoms with Crippen molar-refractivity contribution in [2.45, 2.75) is 25.6 Å². The van der Waals surface area contributed by atoms with E-state index in [4.69, 9.17) is 10.8 Å². The number of hydrogen-bond acceptors (Lipinski definition) is 2. The monoisotopic (exact) mass is 247 g/mol. The smallest absolute Gasteiger partial charge is 0.416 e. The van der Waals surface area contributed by atoms with Gasteiger partial charge in [-0.1, -0.05) is 12.1 Å². The highest BCUT2D eigenvalue weighted by Crippen LogP contribution is 2.32. The summed E-state index contributed by atoms with van der Waals surface area (Å²) in [6.07, 6.45) is -4.56. The molecule has 1 aromatic carbocycles. The SMILES string of the molecule is Cc1ccc(C[C@@H](N)C(=O)O)cc1C(F)(F)F. The van der Waals surface area contributed by atoms with Crippen molar-refractivity contribution < 1.29 is 23.1 Å². The van der Waals surface area contributed by atoms with Gasteiger partial charge in [-0.25, -0.2) is 0 Å². The highest BCUT2D eigenvalue weighted by molar-refractivity contribution is 5.73. The molecule has 0 unspecified atom stereocenters. The maximum atomic E-state index is 12.6. The molecule has 1 aromatic rings. The summed E-state index contributed by atoms with van der Waals surface area (Å²) in [5.74, 6) is -1.24. The molecule has 3 N–H and O–H groups in total. The van der Waals surface area contributed by atoms with Crippen LogP contribution in [0.4, 0.5) is 13.2 Å². The van der Waals surface area contributed by atoms with E-state index in [1.165, 1.54) is 19.1 Å². The number of alkyl halides is 3. The van der Waals surface area contributed by atoms with Crippen molar-refractivity contribution in [3.05, 3.63) is 34.9 Å². The van der Waals surface area contributed by atoms with Crippen LogP contribution in [0.3, 0.4) is 0 Å². The summed E-state index contributed by atoms with van der Waals surface area (Å²) in [5.41, 5.74) is 4.87. The molecule has 0 aromatic heterocycles. The van der Waals surface area contributed by atoms with Gasteiger partial charge in [0.25, 0.3) is 0 Å². The Hall–Kier alpha value is -1.56. The molecule has 0 saturated carbocycles. The molecule has 1 atom stereocenters. The maximum Gasteiger partial charge on any atom is 0.416 e. The van der Waals surface area contributed by atoms with Crippen LogP contribution in [0.15, 0.2) is 18.2 Å². The van der Waals surface area contributed by atoms with E-state index in [2.05, 4.69) is 0 Å². The Morgan fingerprint density at radius 1 is 1.47 bits per heavy atom. The lowest BCUT2D eigenvalue weighted by atomic mass is 10.00. The summed E-state index contributed by atoms with van der Waals surface area (Å²) >= 11 is 0. The second kappa shape index (κ2) is 4.75. The average Bonchev–Trinajstić information content (AvgIpc) is 2.19. The zero-order valence-electron chi connectivity index (χ0n) is 9.08. The Balaban J connectivity index is 3.01. The maximum absolute atomic E-state index is 12.6. The minimum atomic E-state index is -4.44. The summed E-state index contributed by atoms with van der Waals surface area (Å²) in [6.45, 7) is 1.35. The van der Waals surface area contributed by atoms with Crippen molar-refractivity contribution in [1.82, 2.24) is 0 Å². The topological polar surface area (TPSA) is 63.3 Å². The summed E-state index contributed by atoms with van der Waals surface area (Å²) in [7, 11) is 0. The number of rotatable bonds is 3. The number of carbonyl (C=O) groups is 1. The van der Waals surface area contributed by atoms with E-state index < -0.39 is 23.8 Å². The molecule has 0 aliphatic carbocycles. The predicted octanol–water partition coefficient (Wildman–Crippen LogP) is 1.97. The molecule has 1 rings (SSSR count). The first-order valence-corrected chi connectivity index (χ1v) is 4.87. The molecular weight excluding hydrogens is 235 g/mol. The van der Waals surface area contributed by atoms with Crippen LogP contribution >= 0.6 is 0 Å². The van der Waals surface area contributed by atoms with Gasteiger partial charge in [-0.3, -0.25) is 4.79 Å². The third-order valence-corrected chi connectivity index (χ3v) is 2.38. The molecule has 3 nitrogen and oxygen atoms in total. The molecule has 17 heavy (non-hydrogen) atoms. The van der Waals surface area contributed by atoms with E-state index in [0.29, 0.717) is 0 Å². The lowest BCUT2D eigenvalue weighted by Gasteiger charge is -2.13. The van der Waals surface area contributed by atoms with E-state index in [1.54, 1.807) is 0 Å². The average molecular weight is 247 g/mol. The fourth-order valence-corrected chi connectivity index (χ4v) is 1.44. The van der Waals surface area contributed by atoms with Crippen molar-refractivity contribution in [3.8, 4) is 0 Å². The molecule has 0 spiro atoms. The number of hydrogen-bond donors (Lipinski definition) is 2. The van der Waals surface area contributed by atoms with Crippen molar-refractivity contribution >= 4 is 5.97 Å². The third-order valence-electron chi connectivity index (χ3n) is 2.38. The minimum Gasteiger partial charge on any atom is -0.480 e. The molecule has 0 aliphatic rings. The molecule has 0 radical (unpaired) electrons. The molecule has 0 fully saturated rings. The van der Waals surface area contributed by atoms with Crippen LogP contribution in [0.5, 0.6) is 0 Å². The van der Waals surface area contributed by atoms with Crippen LogP contribution < -0.4 is 5.73 Å². The van der Waals surface area contributed by atoms with Crippen molar-refractivity contribution in [2.75, 3.05) is 0 Å². The molecular formula is C11H12F3NO2. The zero-order valence-corrected chi connectivity index (χ0v) is 9.08. The zero-order chi connectivity index (χ0) is 13.2. The summed E-state index contributed by atoms with van der Waals surface area (Å²) in [4.78, 5) is 10.5. The van der Waals surface area contributed by atoms with Crippen LogP contribution in [0.1, 0.15) is 16.7 Å². The highest BCUT2D eigenvalue weighted by atomic mass is 19.4. The Labute approximate surface area is 96.0 Å². The van der Waals surface area contributed by atoms with Gasteiger partial charge in [0.05, 0.1) is 5.56 Å². The minimum absolute atomic E-state index is 0.102. The third kappa shape index (κ3) is 3.45. The summed E-state index contributed by atoms with van der Waals surface area (Å²) in [5, 5.41) is 8.58. The van der Waals surface area contributed by atoms with Crippen molar-refractivity contribution in [1.29, 1.82) is 0 Å². The first kappa shape index (κ1) is 13.5. The Morgan fingerprint density at radius 2 is 2.06 bits per heavy atom. The number of nitrogens with two attached hydrogens (primary N) is 1. The Kier molecular flexibility index (Phi) is 3.77. The molecule has 0 bridgehead atoms. The fraction of sp³-hybridized carbons (Fsp3) is 0.364. The van der Waals surface area contributed by atoms with Gasteiger partial charge in [0.15, 0.2) is 0 Å². The number of carboxylic acids is 1. The first-order chi connectivity index (χ1) is 7.71. The van der Waals surface area contributed by atoms with E-state index >= 15 is 0 Å². The van der Waals surface area contributed by atoms with Crippen LogP contribution in [0.2, 0.25) is 0 Å². The lowest BCUT2D eigenvalue weighted by molar-refractivity contribution is -0.138. The number of carboxylic acid groups (broad SMARTS) is 1. The summed E-state index contributed by atoms with van der Waals surface area (Å²) in [6, 6.07) is 2.51. The normalized spacial score (nSPS) is 13.5. The molecule has 94 valence electrons. The van der Waals surface area contributed by atoms with Crippen LogP contribution in [0.25, 0.3) is 0 Å². The number of benzene rings is 1. The van der Waals surface area contributed by atoms with E-state index in [9.17, 15) is 18.0 Å². The van der Waals surface area contributed by atoms with Gasteiger partial charge in [-0.2, -0.15) is 13.2 Å². The van der Waals surface area contributed by atoms with Gasteiger partial charge < -0.3 is 10.8 Å². The van der Waals surface area contributed by atoms with Crippen LogP contribution in [0, 0.1) is 6.92 Å². The Bertz CT molecular complexity index is 429. The fourth-order valence-electron chi connectivity index (χ4n) is 1.44. The second-order valence-electron chi connectivity index (χ2n) is 3.80. The lowest BCUT2D eigenvalue weighted by Crippen LogP contribution is -2.32. The quantitative estimate of drug-likeness (QED) is 0.858. The van der Waals surface area contributed by atoms with Crippen LogP contribution in [-0.2, 0) is 17.4 Å². The molecule has 0 saturated heterocycles. The number of aryl methyl sites for hydroxylation is 1. The molecule has 0 aliphatic heterocycles. The number of halogens is 3. The van der Waals surface area contributed by atoms with Crippen LogP contribution in [-0.4, -0.2) is 17.1 Å². The van der Waals surface area contributed by atoms with Crippen molar-refractivity contribution in [3.63, 3.8) is 0 Å². The van der Waals surface area contributed by atoms with Gasteiger partial charge in [0.1, 0.15) is 6.04 Å². The van der Waals surface area contributed by atoms with Gasteiger partial charge in [-0.05, 0) is 30.5 Å². The molecule has 6 heteroatoms. The van der Waals surface area contributed by atoms with E-state index in [0.717, 1.165) is 6.07 Å².